The first-order chi connectivity index (χ1) is 8.20. The van der Waals surface area contributed by atoms with Crippen molar-refractivity contribution in [2.24, 2.45) is 0 Å². The van der Waals surface area contributed by atoms with E-state index in [1.54, 1.807) is 6.07 Å². The molecule has 0 saturated heterocycles. The summed E-state index contributed by atoms with van der Waals surface area (Å²) in [6.45, 7) is 2.01. The highest BCUT2D eigenvalue weighted by Gasteiger charge is 2.04. The number of hydrogen-bond acceptors (Lipinski definition) is 1. The van der Waals surface area contributed by atoms with Gasteiger partial charge < -0.3 is 5.11 Å². The third kappa shape index (κ3) is 2.71. The quantitative estimate of drug-likeness (QED) is 0.857. The van der Waals surface area contributed by atoms with Crippen molar-refractivity contribution in [3.05, 3.63) is 59.4 Å². The summed E-state index contributed by atoms with van der Waals surface area (Å²) < 4.78 is 13.7. The van der Waals surface area contributed by atoms with Crippen LogP contribution in [0.25, 0.3) is 11.1 Å². The molecule has 0 heterocycles. The average molecular weight is 230 g/mol. The minimum Gasteiger partial charge on any atom is -0.396 e. The van der Waals surface area contributed by atoms with Gasteiger partial charge in [0.05, 0.1) is 0 Å². The van der Waals surface area contributed by atoms with Crippen molar-refractivity contribution in [2.45, 2.75) is 13.3 Å². The maximum atomic E-state index is 13.7. The lowest BCUT2D eigenvalue weighted by Gasteiger charge is -2.05. The maximum Gasteiger partial charge on any atom is 0.131 e. The Bertz CT molecular complexity index is 503. The van der Waals surface area contributed by atoms with Gasteiger partial charge in [0.25, 0.3) is 0 Å². The van der Waals surface area contributed by atoms with Gasteiger partial charge in [-0.15, -0.1) is 0 Å². The largest absolute Gasteiger partial charge is 0.396 e. The van der Waals surface area contributed by atoms with E-state index in [-0.39, 0.29) is 12.4 Å². The number of halogens is 1. The van der Waals surface area contributed by atoms with Crippen LogP contribution in [0.2, 0.25) is 0 Å². The van der Waals surface area contributed by atoms with Crippen LogP contribution in [0.15, 0.2) is 42.5 Å². The van der Waals surface area contributed by atoms with Gasteiger partial charge >= 0.3 is 0 Å². The molecule has 0 aliphatic heterocycles. The molecule has 0 saturated carbocycles. The molecule has 2 aromatic carbocycles. The van der Waals surface area contributed by atoms with E-state index in [2.05, 4.69) is 0 Å². The zero-order valence-electron chi connectivity index (χ0n) is 9.78. The van der Waals surface area contributed by atoms with Crippen molar-refractivity contribution in [3.63, 3.8) is 0 Å². The third-order valence-electron chi connectivity index (χ3n) is 2.79. The fourth-order valence-corrected chi connectivity index (χ4v) is 1.83. The molecule has 0 aromatic heterocycles. The van der Waals surface area contributed by atoms with E-state index < -0.39 is 0 Å². The van der Waals surface area contributed by atoms with Crippen molar-refractivity contribution in [3.8, 4) is 11.1 Å². The monoisotopic (exact) mass is 230 g/mol. The van der Waals surface area contributed by atoms with E-state index in [1.165, 1.54) is 6.07 Å². The molecule has 0 spiro atoms. The molecule has 2 aromatic rings. The van der Waals surface area contributed by atoms with Crippen LogP contribution in [0.5, 0.6) is 0 Å². The Hall–Kier alpha value is -1.67. The van der Waals surface area contributed by atoms with Crippen LogP contribution in [0.4, 0.5) is 4.39 Å². The molecule has 0 radical (unpaired) electrons. The highest BCUT2D eigenvalue weighted by Crippen LogP contribution is 2.23. The van der Waals surface area contributed by atoms with Gasteiger partial charge in [-0.05, 0) is 36.1 Å². The summed E-state index contributed by atoms with van der Waals surface area (Å²) in [7, 11) is 0. The first-order valence-corrected chi connectivity index (χ1v) is 5.67. The van der Waals surface area contributed by atoms with Crippen LogP contribution in [0, 0.1) is 12.7 Å². The second-order valence-electron chi connectivity index (χ2n) is 4.15. The molecule has 2 heteroatoms. The normalized spacial score (nSPS) is 10.5. The number of rotatable bonds is 3. The summed E-state index contributed by atoms with van der Waals surface area (Å²) in [6.07, 6.45) is 0.636. The minimum atomic E-state index is -0.195. The highest BCUT2D eigenvalue weighted by atomic mass is 19.1. The molecule has 1 nitrogen and oxygen atoms in total. The number of aliphatic hydroxyl groups excluding tert-OH is 1. The van der Waals surface area contributed by atoms with E-state index in [9.17, 15) is 4.39 Å². The Morgan fingerprint density at radius 3 is 2.35 bits per heavy atom. The van der Waals surface area contributed by atoms with Crippen LogP contribution >= 0.6 is 0 Å². The summed E-state index contributed by atoms with van der Waals surface area (Å²) in [5.74, 6) is -0.195. The van der Waals surface area contributed by atoms with Gasteiger partial charge in [-0.1, -0.05) is 36.4 Å². The zero-order valence-corrected chi connectivity index (χ0v) is 9.78. The molecular formula is C15H15FO. The fraction of sp³-hybridized carbons (Fsp3) is 0.200. The molecule has 0 atom stereocenters. The lowest BCUT2D eigenvalue weighted by Crippen LogP contribution is -1.91. The van der Waals surface area contributed by atoms with E-state index >= 15 is 0 Å². The van der Waals surface area contributed by atoms with Crippen LogP contribution in [0.3, 0.4) is 0 Å². The molecule has 2 rings (SSSR count). The first kappa shape index (κ1) is 11.8. The molecule has 0 bridgehead atoms. The molecule has 0 aliphatic rings. The maximum absolute atomic E-state index is 13.7. The highest BCUT2D eigenvalue weighted by molar-refractivity contribution is 5.64. The van der Waals surface area contributed by atoms with E-state index in [1.807, 2.05) is 37.3 Å². The van der Waals surface area contributed by atoms with Gasteiger partial charge in [0.2, 0.25) is 0 Å². The zero-order chi connectivity index (χ0) is 12.3. The standard InChI is InChI=1S/C15H15FO/c1-11-2-7-14(15(16)10-11)13-5-3-12(4-6-13)8-9-17/h2-7,10,17H,8-9H2,1H3. The number of hydrogen-bond donors (Lipinski definition) is 1. The van der Waals surface area contributed by atoms with Gasteiger partial charge in [0.1, 0.15) is 5.82 Å². The predicted molar refractivity (Wildman–Crippen MR) is 67.4 cm³/mol. The van der Waals surface area contributed by atoms with Crippen molar-refractivity contribution in [1.82, 2.24) is 0 Å². The molecular weight excluding hydrogens is 215 g/mol. The third-order valence-corrected chi connectivity index (χ3v) is 2.79. The van der Waals surface area contributed by atoms with Crippen LogP contribution in [-0.2, 0) is 6.42 Å². The smallest absolute Gasteiger partial charge is 0.131 e. The first-order valence-electron chi connectivity index (χ1n) is 5.67. The topological polar surface area (TPSA) is 20.2 Å². The van der Waals surface area contributed by atoms with Crippen LogP contribution in [-0.4, -0.2) is 11.7 Å². The second kappa shape index (κ2) is 5.11. The lowest BCUT2D eigenvalue weighted by molar-refractivity contribution is 0.299. The Morgan fingerprint density at radius 2 is 1.76 bits per heavy atom. The van der Waals surface area contributed by atoms with Gasteiger partial charge in [0.15, 0.2) is 0 Å². The Balaban J connectivity index is 2.33. The van der Waals surface area contributed by atoms with Crippen molar-refractivity contribution in [2.75, 3.05) is 6.61 Å². The number of aryl methyl sites for hydroxylation is 1. The van der Waals surface area contributed by atoms with Crippen molar-refractivity contribution < 1.29 is 9.50 Å². The molecule has 0 fully saturated rings. The summed E-state index contributed by atoms with van der Waals surface area (Å²) in [6, 6.07) is 12.9. The van der Waals surface area contributed by atoms with Crippen molar-refractivity contribution in [1.29, 1.82) is 0 Å². The Kier molecular flexibility index (Phi) is 3.55. The molecule has 1 N–H and O–H groups in total. The number of benzene rings is 2. The summed E-state index contributed by atoms with van der Waals surface area (Å²) >= 11 is 0. The lowest BCUT2D eigenvalue weighted by atomic mass is 10.0. The molecule has 17 heavy (non-hydrogen) atoms. The minimum absolute atomic E-state index is 0.137. The van der Waals surface area contributed by atoms with Gasteiger partial charge in [0, 0.05) is 12.2 Å². The van der Waals surface area contributed by atoms with Crippen molar-refractivity contribution >= 4 is 0 Å². The summed E-state index contributed by atoms with van der Waals surface area (Å²) in [4.78, 5) is 0. The van der Waals surface area contributed by atoms with Crippen LogP contribution in [0.1, 0.15) is 11.1 Å². The average Bonchev–Trinajstić information content (AvgIpc) is 2.31. The van der Waals surface area contributed by atoms with E-state index in [4.69, 9.17) is 5.11 Å². The molecule has 88 valence electrons. The Labute approximate surface area is 101 Å². The van der Waals surface area contributed by atoms with E-state index in [0.717, 1.165) is 16.7 Å². The van der Waals surface area contributed by atoms with Gasteiger partial charge in [-0.25, -0.2) is 4.39 Å². The van der Waals surface area contributed by atoms with Gasteiger partial charge in [-0.3, -0.25) is 0 Å². The summed E-state index contributed by atoms with van der Waals surface area (Å²) in [5, 5.41) is 8.82. The predicted octanol–water partition coefficient (Wildman–Crippen LogP) is 3.34. The van der Waals surface area contributed by atoms with Crippen LogP contribution < -0.4 is 0 Å². The number of aliphatic hydroxyl groups is 1. The molecule has 0 amide bonds. The summed E-state index contributed by atoms with van der Waals surface area (Å²) in [5.41, 5.74) is 3.46. The fourth-order valence-electron chi connectivity index (χ4n) is 1.83. The van der Waals surface area contributed by atoms with E-state index in [0.29, 0.717) is 12.0 Å². The second-order valence-corrected chi connectivity index (χ2v) is 4.15. The SMILES string of the molecule is Cc1ccc(-c2ccc(CCO)cc2)c(F)c1. The Morgan fingerprint density at radius 1 is 1.06 bits per heavy atom. The molecule has 0 unspecified atom stereocenters. The van der Waals surface area contributed by atoms with Gasteiger partial charge in [-0.2, -0.15) is 0 Å². The molecule has 0 aliphatic carbocycles.